The minimum atomic E-state index is -1.04. The molecule has 0 amide bonds. The van der Waals surface area contributed by atoms with Gasteiger partial charge in [0.2, 0.25) is 0 Å². The molecule has 0 bridgehead atoms. The summed E-state index contributed by atoms with van der Waals surface area (Å²) in [5.74, 6) is 0. The van der Waals surface area contributed by atoms with Crippen LogP contribution in [-0.4, -0.2) is 41.4 Å². The molecule has 0 spiro atoms. The van der Waals surface area contributed by atoms with Gasteiger partial charge in [0, 0.05) is 5.56 Å². The van der Waals surface area contributed by atoms with Crippen LogP contribution in [0.5, 0.6) is 0 Å². The smallest absolute Gasteiger partial charge is 0.185 e. The molecule has 2 heterocycles. The molecule has 2 N–H and O–H groups in total. The van der Waals surface area contributed by atoms with Gasteiger partial charge in [0.15, 0.2) is 12.6 Å². The maximum absolute atomic E-state index is 9.63. The summed E-state index contributed by atoms with van der Waals surface area (Å²) in [6, 6.07) is 9.49. The molecular weight excluding hydrogens is 224 g/mol. The highest BCUT2D eigenvalue weighted by atomic mass is 16.8. The zero-order valence-corrected chi connectivity index (χ0v) is 9.10. The number of aliphatic hydroxyl groups is 2. The quantitative estimate of drug-likeness (QED) is 0.769. The van der Waals surface area contributed by atoms with Crippen LogP contribution in [0.25, 0.3) is 0 Å². The van der Waals surface area contributed by atoms with Gasteiger partial charge in [-0.15, -0.1) is 0 Å². The zero-order valence-electron chi connectivity index (χ0n) is 9.10. The molecule has 0 aliphatic carbocycles. The normalized spacial score (nSPS) is 40.5. The molecule has 0 radical (unpaired) electrons. The number of hydrogen-bond acceptors (Lipinski definition) is 5. The van der Waals surface area contributed by atoms with Crippen molar-refractivity contribution in [3.63, 3.8) is 0 Å². The van der Waals surface area contributed by atoms with Crippen molar-refractivity contribution < 1.29 is 24.4 Å². The highest BCUT2D eigenvalue weighted by molar-refractivity contribution is 5.17. The topological polar surface area (TPSA) is 68.2 Å². The molecule has 0 aromatic heterocycles. The standard InChI is InChI=1S/C12H14O5/c13-6-8-9-10(11(14)15-8)17-12(16-9)7-4-2-1-3-5-7/h1-5,8-14H,6H2/t8-,9-,10-,11-,12-/m1/s1. The second kappa shape index (κ2) is 4.36. The van der Waals surface area contributed by atoms with E-state index in [1.54, 1.807) is 0 Å². The Morgan fingerprint density at radius 2 is 1.71 bits per heavy atom. The maximum Gasteiger partial charge on any atom is 0.185 e. The number of ether oxygens (including phenoxy) is 3. The number of rotatable bonds is 2. The van der Waals surface area contributed by atoms with Crippen LogP contribution >= 0.6 is 0 Å². The SMILES string of the molecule is OC[C@H]1O[C@@H](O)[C@@H]2O[C@H](c3ccccc3)O[C@@H]21. The third kappa shape index (κ3) is 1.86. The van der Waals surface area contributed by atoms with Gasteiger partial charge in [-0.3, -0.25) is 0 Å². The maximum atomic E-state index is 9.63. The first-order chi connectivity index (χ1) is 8.29. The molecule has 2 fully saturated rings. The number of fused-ring (bicyclic) bond motifs is 1. The average molecular weight is 238 g/mol. The Morgan fingerprint density at radius 3 is 2.41 bits per heavy atom. The van der Waals surface area contributed by atoms with Gasteiger partial charge in [-0.05, 0) is 0 Å². The van der Waals surface area contributed by atoms with E-state index in [9.17, 15) is 5.11 Å². The van der Waals surface area contributed by atoms with E-state index < -0.39 is 30.9 Å². The monoisotopic (exact) mass is 238 g/mol. The van der Waals surface area contributed by atoms with E-state index in [2.05, 4.69) is 0 Å². The van der Waals surface area contributed by atoms with Gasteiger partial charge in [-0.1, -0.05) is 30.3 Å². The highest BCUT2D eigenvalue weighted by Gasteiger charge is 2.52. The number of benzene rings is 1. The minimum absolute atomic E-state index is 0.191. The summed E-state index contributed by atoms with van der Waals surface area (Å²) in [5.41, 5.74) is 0.894. The van der Waals surface area contributed by atoms with Crippen molar-refractivity contribution in [2.75, 3.05) is 6.61 Å². The summed E-state index contributed by atoms with van der Waals surface area (Å²) >= 11 is 0. The molecule has 5 heteroatoms. The summed E-state index contributed by atoms with van der Waals surface area (Å²) in [4.78, 5) is 0. The summed E-state index contributed by atoms with van der Waals surface area (Å²) in [5, 5.41) is 18.7. The van der Waals surface area contributed by atoms with Crippen molar-refractivity contribution in [3.8, 4) is 0 Å². The predicted molar refractivity (Wildman–Crippen MR) is 56.9 cm³/mol. The summed E-state index contributed by atoms with van der Waals surface area (Å²) in [7, 11) is 0. The van der Waals surface area contributed by atoms with Gasteiger partial charge < -0.3 is 24.4 Å². The Kier molecular flexibility index (Phi) is 2.85. The summed E-state index contributed by atoms with van der Waals surface area (Å²) in [6.45, 7) is -0.191. The molecule has 0 unspecified atom stereocenters. The minimum Gasteiger partial charge on any atom is -0.394 e. The highest BCUT2D eigenvalue weighted by Crippen LogP contribution is 2.39. The Morgan fingerprint density at radius 1 is 1.00 bits per heavy atom. The van der Waals surface area contributed by atoms with E-state index in [0.717, 1.165) is 5.56 Å². The summed E-state index contributed by atoms with van der Waals surface area (Å²) in [6.07, 6.45) is -3.01. The first kappa shape index (κ1) is 11.1. The molecule has 5 atom stereocenters. The molecule has 2 aliphatic rings. The lowest BCUT2D eigenvalue weighted by molar-refractivity contribution is -0.190. The Balaban J connectivity index is 1.78. The molecule has 17 heavy (non-hydrogen) atoms. The van der Waals surface area contributed by atoms with Gasteiger partial charge in [-0.2, -0.15) is 0 Å². The van der Waals surface area contributed by atoms with E-state index in [1.807, 2.05) is 30.3 Å². The first-order valence-corrected chi connectivity index (χ1v) is 5.60. The van der Waals surface area contributed by atoms with E-state index >= 15 is 0 Å². The fourth-order valence-electron chi connectivity index (χ4n) is 2.25. The zero-order chi connectivity index (χ0) is 11.8. The predicted octanol–water partition coefficient (Wildman–Crippen LogP) is 0.179. The fraction of sp³-hybridized carbons (Fsp3) is 0.500. The Labute approximate surface area is 98.5 Å². The third-order valence-electron chi connectivity index (χ3n) is 3.10. The van der Waals surface area contributed by atoms with E-state index in [0.29, 0.717) is 0 Å². The molecule has 92 valence electrons. The van der Waals surface area contributed by atoms with Crippen LogP contribution in [0.1, 0.15) is 11.9 Å². The van der Waals surface area contributed by atoms with Crippen molar-refractivity contribution in [1.29, 1.82) is 0 Å². The van der Waals surface area contributed by atoms with Crippen LogP contribution in [0.15, 0.2) is 30.3 Å². The van der Waals surface area contributed by atoms with Crippen LogP contribution in [0, 0.1) is 0 Å². The van der Waals surface area contributed by atoms with Gasteiger partial charge in [0.1, 0.15) is 18.3 Å². The van der Waals surface area contributed by atoms with Crippen molar-refractivity contribution in [3.05, 3.63) is 35.9 Å². The van der Waals surface area contributed by atoms with Crippen molar-refractivity contribution in [2.45, 2.75) is 30.9 Å². The Hall–Kier alpha value is -0.980. The first-order valence-electron chi connectivity index (χ1n) is 5.60. The van der Waals surface area contributed by atoms with Crippen molar-refractivity contribution in [2.24, 2.45) is 0 Å². The van der Waals surface area contributed by atoms with Crippen molar-refractivity contribution >= 4 is 0 Å². The fourth-order valence-corrected chi connectivity index (χ4v) is 2.25. The lowest BCUT2D eigenvalue weighted by atomic mass is 10.1. The van der Waals surface area contributed by atoms with E-state index in [1.165, 1.54) is 0 Å². The van der Waals surface area contributed by atoms with Gasteiger partial charge >= 0.3 is 0 Å². The molecule has 0 saturated carbocycles. The molecule has 1 aromatic rings. The molecule has 5 nitrogen and oxygen atoms in total. The molecule has 1 aromatic carbocycles. The Bertz CT molecular complexity index is 382. The number of aliphatic hydroxyl groups excluding tert-OH is 2. The van der Waals surface area contributed by atoms with Crippen LogP contribution in [0.4, 0.5) is 0 Å². The third-order valence-corrected chi connectivity index (χ3v) is 3.10. The lowest BCUT2D eigenvalue weighted by Gasteiger charge is -2.16. The second-order valence-corrected chi connectivity index (χ2v) is 4.19. The van der Waals surface area contributed by atoms with Gasteiger partial charge in [0.05, 0.1) is 6.61 Å². The largest absolute Gasteiger partial charge is 0.394 e. The van der Waals surface area contributed by atoms with Gasteiger partial charge in [0.25, 0.3) is 0 Å². The average Bonchev–Trinajstić information content (AvgIpc) is 2.92. The van der Waals surface area contributed by atoms with E-state index in [4.69, 9.17) is 19.3 Å². The van der Waals surface area contributed by atoms with Crippen molar-refractivity contribution in [1.82, 2.24) is 0 Å². The van der Waals surface area contributed by atoms with E-state index in [-0.39, 0.29) is 6.61 Å². The molecule has 2 aliphatic heterocycles. The van der Waals surface area contributed by atoms with Crippen LogP contribution < -0.4 is 0 Å². The van der Waals surface area contributed by atoms with Crippen LogP contribution in [0.3, 0.4) is 0 Å². The molecular formula is C12H14O5. The molecule has 3 rings (SSSR count). The lowest BCUT2D eigenvalue weighted by Crippen LogP contribution is -2.31. The number of hydrogen-bond donors (Lipinski definition) is 2. The van der Waals surface area contributed by atoms with Gasteiger partial charge in [-0.25, -0.2) is 0 Å². The summed E-state index contributed by atoms with van der Waals surface area (Å²) < 4.78 is 16.4. The molecule has 2 saturated heterocycles. The van der Waals surface area contributed by atoms with Crippen LogP contribution in [-0.2, 0) is 14.2 Å². The second-order valence-electron chi connectivity index (χ2n) is 4.19. The van der Waals surface area contributed by atoms with Crippen LogP contribution in [0.2, 0.25) is 0 Å².